The highest BCUT2D eigenvalue weighted by atomic mass is 79.9. The van der Waals surface area contributed by atoms with Gasteiger partial charge in [0.25, 0.3) is 5.91 Å². The fourth-order valence-corrected chi connectivity index (χ4v) is 1.39. The molecule has 0 aliphatic heterocycles. The van der Waals surface area contributed by atoms with Gasteiger partial charge in [-0.3, -0.25) is 4.79 Å². The molecule has 4 nitrogen and oxygen atoms in total. The van der Waals surface area contributed by atoms with Gasteiger partial charge < -0.3 is 15.5 Å². The quantitative estimate of drug-likeness (QED) is 0.816. The van der Waals surface area contributed by atoms with Crippen molar-refractivity contribution in [3.8, 4) is 0 Å². The number of halogens is 2. The molecule has 0 aliphatic rings. The molecule has 1 aromatic rings. The SMILES string of the molecule is Cl.NCCCCNC(=O)c1occc1Br. The summed E-state index contributed by atoms with van der Waals surface area (Å²) in [4.78, 5) is 11.4. The molecule has 0 bridgehead atoms. The van der Waals surface area contributed by atoms with Gasteiger partial charge in [-0.05, 0) is 41.4 Å². The third kappa shape index (κ3) is 4.68. The first-order valence-electron chi connectivity index (χ1n) is 4.47. The molecule has 0 fully saturated rings. The van der Waals surface area contributed by atoms with E-state index in [1.807, 2.05) is 0 Å². The summed E-state index contributed by atoms with van der Waals surface area (Å²) in [6, 6.07) is 1.69. The molecular formula is C9H14BrClN2O2. The van der Waals surface area contributed by atoms with Crippen LogP contribution in [-0.2, 0) is 0 Å². The second-order valence-electron chi connectivity index (χ2n) is 2.85. The van der Waals surface area contributed by atoms with Crippen molar-refractivity contribution in [3.63, 3.8) is 0 Å². The van der Waals surface area contributed by atoms with Gasteiger partial charge in [-0.15, -0.1) is 12.4 Å². The Hall–Kier alpha value is -0.520. The molecule has 0 radical (unpaired) electrons. The van der Waals surface area contributed by atoms with Crippen molar-refractivity contribution in [3.05, 3.63) is 22.6 Å². The van der Waals surface area contributed by atoms with E-state index < -0.39 is 0 Å². The van der Waals surface area contributed by atoms with E-state index in [2.05, 4.69) is 21.2 Å². The van der Waals surface area contributed by atoms with E-state index in [9.17, 15) is 4.79 Å². The second kappa shape index (κ2) is 7.73. The predicted octanol–water partition coefficient (Wildman–Crippen LogP) is 1.93. The summed E-state index contributed by atoms with van der Waals surface area (Å²) < 4.78 is 5.67. The number of amides is 1. The number of furan rings is 1. The number of nitrogens with one attached hydrogen (secondary N) is 1. The van der Waals surface area contributed by atoms with Crippen molar-refractivity contribution < 1.29 is 9.21 Å². The lowest BCUT2D eigenvalue weighted by atomic mass is 10.3. The van der Waals surface area contributed by atoms with E-state index in [-0.39, 0.29) is 18.3 Å². The van der Waals surface area contributed by atoms with E-state index >= 15 is 0 Å². The van der Waals surface area contributed by atoms with Crippen molar-refractivity contribution in [1.29, 1.82) is 0 Å². The first-order chi connectivity index (χ1) is 6.75. The molecule has 0 spiro atoms. The summed E-state index contributed by atoms with van der Waals surface area (Å²) in [7, 11) is 0. The fraction of sp³-hybridized carbons (Fsp3) is 0.444. The summed E-state index contributed by atoms with van der Waals surface area (Å²) in [5.41, 5.74) is 5.33. The lowest BCUT2D eigenvalue weighted by Crippen LogP contribution is -2.24. The Morgan fingerprint density at radius 3 is 2.80 bits per heavy atom. The molecule has 0 unspecified atom stereocenters. The molecule has 0 saturated heterocycles. The van der Waals surface area contributed by atoms with Gasteiger partial charge in [0.1, 0.15) is 0 Å². The second-order valence-corrected chi connectivity index (χ2v) is 3.70. The minimum Gasteiger partial charge on any atom is -0.458 e. The van der Waals surface area contributed by atoms with Crippen LogP contribution in [0, 0.1) is 0 Å². The summed E-state index contributed by atoms with van der Waals surface area (Å²) in [5, 5.41) is 2.74. The lowest BCUT2D eigenvalue weighted by Gasteiger charge is -2.02. The predicted molar refractivity (Wildman–Crippen MR) is 64.3 cm³/mol. The number of hydrogen-bond acceptors (Lipinski definition) is 3. The lowest BCUT2D eigenvalue weighted by molar-refractivity contribution is 0.0924. The monoisotopic (exact) mass is 296 g/mol. The van der Waals surface area contributed by atoms with Crippen LogP contribution in [0.1, 0.15) is 23.4 Å². The molecule has 0 aromatic carbocycles. The van der Waals surface area contributed by atoms with Crippen LogP contribution >= 0.6 is 28.3 Å². The average Bonchev–Trinajstić information content (AvgIpc) is 2.59. The van der Waals surface area contributed by atoms with Crippen molar-refractivity contribution in [2.24, 2.45) is 5.73 Å². The molecule has 1 heterocycles. The number of carbonyl (C=O) groups is 1. The van der Waals surface area contributed by atoms with Gasteiger partial charge in [0.05, 0.1) is 10.7 Å². The fourth-order valence-electron chi connectivity index (χ4n) is 1.01. The largest absolute Gasteiger partial charge is 0.458 e. The van der Waals surface area contributed by atoms with Gasteiger partial charge in [0.2, 0.25) is 5.76 Å². The first kappa shape index (κ1) is 14.5. The first-order valence-corrected chi connectivity index (χ1v) is 5.26. The maximum atomic E-state index is 11.4. The Morgan fingerprint density at radius 1 is 1.53 bits per heavy atom. The van der Waals surface area contributed by atoms with Crippen LogP contribution in [0.3, 0.4) is 0 Å². The Kier molecular flexibility index (Phi) is 7.46. The molecule has 1 amide bonds. The zero-order valence-corrected chi connectivity index (χ0v) is 10.6. The Balaban J connectivity index is 0.00000196. The van der Waals surface area contributed by atoms with Gasteiger partial charge >= 0.3 is 0 Å². The third-order valence-electron chi connectivity index (χ3n) is 1.74. The minimum absolute atomic E-state index is 0. The van der Waals surface area contributed by atoms with Crippen molar-refractivity contribution in [2.45, 2.75) is 12.8 Å². The third-order valence-corrected chi connectivity index (χ3v) is 2.36. The van der Waals surface area contributed by atoms with E-state index in [1.54, 1.807) is 6.07 Å². The highest BCUT2D eigenvalue weighted by molar-refractivity contribution is 9.10. The van der Waals surface area contributed by atoms with Crippen LogP contribution in [0.2, 0.25) is 0 Å². The number of rotatable bonds is 5. The molecule has 3 N–H and O–H groups in total. The zero-order chi connectivity index (χ0) is 10.4. The Morgan fingerprint density at radius 2 is 2.27 bits per heavy atom. The number of unbranched alkanes of at least 4 members (excludes halogenated alkanes) is 1. The zero-order valence-electron chi connectivity index (χ0n) is 8.16. The van der Waals surface area contributed by atoms with Crippen molar-refractivity contribution in [2.75, 3.05) is 13.1 Å². The van der Waals surface area contributed by atoms with Gasteiger partial charge in [0, 0.05) is 6.54 Å². The van der Waals surface area contributed by atoms with Crippen LogP contribution in [0.25, 0.3) is 0 Å². The van der Waals surface area contributed by atoms with E-state index in [4.69, 9.17) is 10.2 Å². The van der Waals surface area contributed by atoms with E-state index in [0.717, 1.165) is 12.8 Å². The summed E-state index contributed by atoms with van der Waals surface area (Å²) in [5.74, 6) is 0.122. The average molecular weight is 298 g/mol. The number of hydrogen-bond donors (Lipinski definition) is 2. The van der Waals surface area contributed by atoms with E-state index in [1.165, 1.54) is 6.26 Å². The van der Waals surface area contributed by atoms with Crippen molar-refractivity contribution >= 4 is 34.2 Å². The van der Waals surface area contributed by atoms with Crippen LogP contribution in [0.5, 0.6) is 0 Å². The smallest absolute Gasteiger partial charge is 0.288 e. The normalized spacial score (nSPS) is 9.47. The van der Waals surface area contributed by atoms with Gasteiger partial charge in [-0.1, -0.05) is 0 Å². The highest BCUT2D eigenvalue weighted by Gasteiger charge is 2.12. The minimum atomic E-state index is -0.195. The van der Waals surface area contributed by atoms with Crippen LogP contribution < -0.4 is 11.1 Å². The van der Waals surface area contributed by atoms with Gasteiger partial charge in [-0.2, -0.15) is 0 Å². The highest BCUT2D eigenvalue weighted by Crippen LogP contribution is 2.16. The maximum absolute atomic E-state index is 11.4. The standard InChI is InChI=1S/C9H13BrN2O2.ClH/c10-7-3-6-14-8(7)9(13)12-5-2-1-4-11;/h3,6H,1-2,4-5,11H2,(H,12,13);1H. The topological polar surface area (TPSA) is 68.3 Å². The van der Waals surface area contributed by atoms with Crippen LogP contribution in [-0.4, -0.2) is 19.0 Å². The van der Waals surface area contributed by atoms with Crippen LogP contribution in [0.4, 0.5) is 0 Å². The molecule has 6 heteroatoms. The summed E-state index contributed by atoms with van der Waals surface area (Å²) in [6.07, 6.45) is 3.28. The van der Waals surface area contributed by atoms with Gasteiger partial charge in [0.15, 0.2) is 0 Å². The molecule has 1 aromatic heterocycles. The molecule has 15 heavy (non-hydrogen) atoms. The van der Waals surface area contributed by atoms with E-state index in [0.29, 0.717) is 23.3 Å². The molecule has 0 aliphatic carbocycles. The van der Waals surface area contributed by atoms with Gasteiger partial charge in [-0.25, -0.2) is 0 Å². The molecule has 0 atom stereocenters. The Bertz CT molecular complexity index is 304. The molecule has 0 saturated carbocycles. The summed E-state index contributed by atoms with van der Waals surface area (Å²) >= 11 is 3.21. The molecular weight excluding hydrogens is 283 g/mol. The Labute approximate surface area is 103 Å². The van der Waals surface area contributed by atoms with Crippen LogP contribution in [0.15, 0.2) is 21.2 Å². The molecule has 86 valence electrons. The summed E-state index contributed by atoms with van der Waals surface area (Å²) in [6.45, 7) is 1.28. The maximum Gasteiger partial charge on any atom is 0.288 e. The number of carbonyl (C=O) groups excluding carboxylic acids is 1. The molecule has 1 rings (SSSR count). The number of nitrogens with two attached hydrogens (primary N) is 1. The van der Waals surface area contributed by atoms with Crippen molar-refractivity contribution in [1.82, 2.24) is 5.32 Å².